The van der Waals surface area contributed by atoms with Crippen molar-refractivity contribution >= 4 is 0 Å². The van der Waals surface area contributed by atoms with Crippen molar-refractivity contribution in [2.24, 2.45) is 11.8 Å². The van der Waals surface area contributed by atoms with E-state index >= 15 is 0 Å². The first kappa shape index (κ1) is 13.3. The highest BCUT2D eigenvalue weighted by Gasteiger charge is 2.22. The normalized spacial score (nSPS) is 23.9. The molecule has 0 atom stereocenters. The predicted octanol–water partition coefficient (Wildman–Crippen LogP) is 4.15. The number of hydrogen-bond donors (Lipinski definition) is 1. The van der Waals surface area contributed by atoms with Crippen LogP contribution in [0, 0.1) is 11.7 Å². The van der Waals surface area contributed by atoms with Gasteiger partial charge in [-0.25, -0.2) is 4.39 Å². The van der Waals surface area contributed by atoms with Gasteiger partial charge in [-0.3, -0.25) is 0 Å². The zero-order chi connectivity index (χ0) is 13.0. The first-order valence-electron chi connectivity index (χ1n) is 6.90. The molecule has 0 aromatic heterocycles. The molecule has 1 aliphatic rings. The Hall–Kier alpha value is -1.09. The topological polar surface area (TPSA) is 35.2 Å². The molecule has 1 saturated carbocycles. The molecular formula is C15H22FNO. The summed E-state index contributed by atoms with van der Waals surface area (Å²) < 4.78 is 13.6. The lowest BCUT2D eigenvalue weighted by molar-refractivity contribution is 0.304. The van der Waals surface area contributed by atoms with Gasteiger partial charge in [0.2, 0.25) is 0 Å². The lowest BCUT2D eigenvalue weighted by atomic mass is 9.77. The number of rotatable bonds is 4. The maximum atomic E-state index is 13.6. The average molecular weight is 251 g/mol. The Morgan fingerprint density at radius 1 is 1.28 bits per heavy atom. The Morgan fingerprint density at radius 2 is 2.00 bits per heavy atom. The van der Waals surface area contributed by atoms with Crippen LogP contribution in [0.2, 0.25) is 0 Å². The Morgan fingerprint density at radius 3 is 2.56 bits per heavy atom. The molecule has 0 aliphatic heterocycles. The molecule has 18 heavy (non-hydrogen) atoms. The maximum Gasteiger partial charge on any atom is 0.182 e. The summed E-state index contributed by atoms with van der Waals surface area (Å²) in [5.41, 5.74) is 1.09. The standard InChI is InChI=1S/C15H22FNO/c1-2-3-11-4-6-12(7-5-11)13-8-9-15(18-17)14(16)10-13/h8-12H,2-7,17H2,1H3. The van der Waals surface area contributed by atoms with E-state index in [1.165, 1.54) is 38.5 Å². The van der Waals surface area contributed by atoms with Gasteiger partial charge in [0.15, 0.2) is 11.6 Å². The maximum absolute atomic E-state index is 13.6. The molecule has 1 fully saturated rings. The zero-order valence-electron chi connectivity index (χ0n) is 11.0. The van der Waals surface area contributed by atoms with Gasteiger partial charge in [-0.2, -0.15) is 5.90 Å². The van der Waals surface area contributed by atoms with Crippen LogP contribution in [0.3, 0.4) is 0 Å². The van der Waals surface area contributed by atoms with E-state index < -0.39 is 0 Å². The van der Waals surface area contributed by atoms with E-state index in [0.29, 0.717) is 5.92 Å². The zero-order valence-corrected chi connectivity index (χ0v) is 11.0. The summed E-state index contributed by atoms with van der Waals surface area (Å²) in [7, 11) is 0. The lowest BCUT2D eigenvalue weighted by Crippen LogP contribution is -2.13. The van der Waals surface area contributed by atoms with Gasteiger partial charge in [0.05, 0.1) is 0 Å². The number of benzene rings is 1. The second-order valence-corrected chi connectivity index (χ2v) is 5.31. The highest BCUT2D eigenvalue weighted by Crippen LogP contribution is 2.38. The van der Waals surface area contributed by atoms with Crippen LogP contribution in [0.4, 0.5) is 4.39 Å². The van der Waals surface area contributed by atoms with Crippen LogP contribution >= 0.6 is 0 Å². The van der Waals surface area contributed by atoms with E-state index in [0.717, 1.165) is 11.5 Å². The highest BCUT2D eigenvalue weighted by atomic mass is 19.1. The van der Waals surface area contributed by atoms with Crippen molar-refractivity contribution in [1.29, 1.82) is 0 Å². The van der Waals surface area contributed by atoms with Gasteiger partial charge >= 0.3 is 0 Å². The van der Waals surface area contributed by atoms with E-state index in [1.807, 2.05) is 6.07 Å². The molecule has 0 unspecified atom stereocenters. The van der Waals surface area contributed by atoms with Crippen LogP contribution in [-0.2, 0) is 0 Å². The van der Waals surface area contributed by atoms with Crippen molar-refractivity contribution in [3.8, 4) is 5.75 Å². The number of nitrogens with two attached hydrogens (primary N) is 1. The van der Waals surface area contributed by atoms with Crippen molar-refractivity contribution in [2.45, 2.75) is 51.4 Å². The molecule has 100 valence electrons. The van der Waals surface area contributed by atoms with Crippen LogP contribution in [0.5, 0.6) is 5.75 Å². The van der Waals surface area contributed by atoms with Crippen LogP contribution in [0.15, 0.2) is 18.2 Å². The first-order valence-corrected chi connectivity index (χ1v) is 6.90. The third-order valence-electron chi connectivity index (χ3n) is 4.10. The molecule has 0 amide bonds. The van der Waals surface area contributed by atoms with Crippen molar-refractivity contribution in [3.63, 3.8) is 0 Å². The minimum absolute atomic E-state index is 0.124. The summed E-state index contributed by atoms with van der Waals surface area (Å²) in [5, 5.41) is 0. The van der Waals surface area contributed by atoms with Gasteiger partial charge < -0.3 is 4.84 Å². The van der Waals surface area contributed by atoms with Gasteiger partial charge in [0, 0.05) is 0 Å². The quantitative estimate of drug-likeness (QED) is 0.816. The van der Waals surface area contributed by atoms with Crippen LogP contribution in [0.1, 0.15) is 56.9 Å². The van der Waals surface area contributed by atoms with E-state index in [4.69, 9.17) is 5.90 Å². The van der Waals surface area contributed by atoms with E-state index in [2.05, 4.69) is 11.8 Å². The molecule has 0 spiro atoms. The third-order valence-corrected chi connectivity index (χ3v) is 4.10. The Bertz CT molecular complexity index is 386. The van der Waals surface area contributed by atoms with Gasteiger partial charge in [0.1, 0.15) is 0 Å². The lowest BCUT2D eigenvalue weighted by Gasteiger charge is -2.28. The Labute approximate surface area is 108 Å². The van der Waals surface area contributed by atoms with Gasteiger partial charge in [-0.05, 0) is 55.2 Å². The minimum atomic E-state index is -0.356. The summed E-state index contributed by atoms with van der Waals surface area (Å²) in [6.07, 6.45) is 7.50. The molecule has 0 bridgehead atoms. The minimum Gasteiger partial charge on any atom is -0.408 e. The van der Waals surface area contributed by atoms with Crippen molar-refractivity contribution < 1.29 is 9.23 Å². The van der Waals surface area contributed by atoms with Crippen LogP contribution in [0.25, 0.3) is 0 Å². The molecule has 2 N–H and O–H groups in total. The summed E-state index contributed by atoms with van der Waals surface area (Å²) in [6, 6.07) is 5.14. The van der Waals surface area contributed by atoms with Crippen molar-refractivity contribution in [3.05, 3.63) is 29.6 Å². The highest BCUT2D eigenvalue weighted by molar-refractivity contribution is 5.31. The van der Waals surface area contributed by atoms with Crippen molar-refractivity contribution in [1.82, 2.24) is 0 Å². The van der Waals surface area contributed by atoms with E-state index in [1.54, 1.807) is 12.1 Å². The fourth-order valence-corrected chi connectivity index (χ4v) is 3.06. The predicted molar refractivity (Wildman–Crippen MR) is 70.8 cm³/mol. The summed E-state index contributed by atoms with van der Waals surface area (Å²) >= 11 is 0. The summed E-state index contributed by atoms with van der Waals surface area (Å²) in [4.78, 5) is 4.46. The number of halogens is 1. The van der Waals surface area contributed by atoms with E-state index in [9.17, 15) is 4.39 Å². The Kier molecular flexibility index (Phi) is 4.59. The van der Waals surface area contributed by atoms with Gasteiger partial charge in [-0.15, -0.1) is 0 Å². The summed E-state index contributed by atoms with van der Waals surface area (Å²) in [5.74, 6) is 6.14. The van der Waals surface area contributed by atoms with Crippen LogP contribution in [-0.4, -0.2) is 0 Å². The third kappa shape index (κ3) is 3.02. The molecule has 3 heteroatoms. The fourth-order valence-electron chi connectivity index (χ4n) is 3.06. The second kappa shape index (κ2) is 6.19. The average Bonchev–Trinajstić information content (AvgIpc) is 2.40. The largest absolute Gasteiger partial charge is 0.408 e. The molecule has 0 saturated heterocycles. The smallest absolute Gasteiger partial charge is 0.182 e. The molecule has 1 aliphatic carbocycles. The molecule has 0 radical (unpaired) electrons. The molecule has 2 rings (SSSR count). The molecule has 2 nitrogen and oxygen atoms in total. The molecule has 1 aromatic rings. The van der Waals surface area contributed by atoms with E-state index in [-0.39, 0.29) is 11.6 Å². The van der Waals surface area contributed by atoms with Crippen LogP contribution < -0.4 is 10.7 Å². The number of hydrogen-bond acceptors (Lipinski definition) is 2. The fraction of sp³-hybridized carbons (Fsp3) is 0.600. The van der Waals surface area contributed by atoms with Gasteiger partial charge in [0.25, 0.3) is 0 Å². The monoisotopic (exact) mass is 251 g/mol. The summed E-state index contributed by atoms with van der Waals surface area (Å²) in [6.45, 7) is 2.24. The Balaban J connectivity index is 1.99. The van der Waals surface area contributed by atoms with Gasteiger partial charge in [-0.1, -0.05) is 25.8 Å². The SMILES string of the molecule is CCCC1CCC(c2ccc(ON)c(F)c2)CC1. The van der Waals surface area contributed by atoms with Crippen molar-refractivity contribution in [2.75, 3.05) is 0 Å². The second-order valence-electron chi connectivity index (χ2n) is 5.31. The molecule has 1 aromatic carbocycles. The first-order chi connectivity index (χ1) is 8.74. The molecule has 0 heterocycles. The molecular weight excluding hydrogens is 229 g/mol.